The number of para-hydroxylation sites is 1. The average Bonchev–Trinajstić information content (AvgIpc) is 2.12. The van der Waals surface area contributed by atoms with Crippen molar-refractivity contribution in [3.8, 4) is 5.75 Å². The Morgan fingerprint density at radius 2 is 2.14 bits per heavy atom. The van der Waals surface area contributed by atoms with Crippen LogP contribution in [0.1, 0.15) is 5.56 Å². The Labute approximate surface area is 89.3 Å². The number of benzene rings is 1. The van der Waals surface area contributed by atoms with E-state index >= 15 is 0 Å². The summed E-state index contributed by atoms with van der Waals surface area (Å²) >= 11 is 3.17. The van der Waals surface area contributed by atoms with Gasteiger partial charge in [0.05, 0.1) is 10.7 Å². The SMILES string of the molecule is NC(N)=N/N=C/c1cccc(Br)c1O. The van der Waals surface area contributed by atoms with Crippen LogP contribution in [0.2, 0.25) is 0 Å². The summed E-state index contributed by atoms with van der Waals surface area (Å²) in [5, 5.41) is 16.5. The van der Waals surface area contributed by atoms with Crippen LogP contribution < -0.4 is 11.5 Å². The van der Waals surface area contributed by atoms with Gasteiger partial charge in [-0.25, -0.2) is 0 Å². The third-order valence-electron chi connectivity index (χ3n) is 1.39. The summed E-state index contributed by atoms with van der Waals surface area (Å²) in [7, 11) is 0. The monoisotopic (exact) mass is 256 g/mol. The number of phenolic OH excluding ortho intramolecular Hbond substituents is 1. The molecule has 74 valence electrons. The minimum atomic E-state index is -0.129. The highest BCUT2D eigenvalue weighted by Gasteiger charge is 2.00. The van der Waals surface area contributed by atoms with Crippen molar-refractivity contribution in [3.05, 3.63) is 28.2 Å². The maximum Gasteiger partial charge on any atom is 0.211 e. The van der Waals surface area contributed by atoms with Gasteiger partial charge < -0.3 is 16.6 Å². The first-order valence-electron chi connectivity index (χ1n) is 3.70. The van der Waals surface area contributed by atoms with Gasteiger partial charge in [-0.3, -0.25) is 0 Å². The Kier molecular flexibility index (Phi) is 3.47. The molecule has 0 radical (unpaired) electrons. The largest absolute Gasteiger partial charge is 0.506 e. The van der Waals surface area contributed by atoms with Crippen molar-refractivity contribution >= 4 is 28.1 Å². The molecule has 5 N–H and O–H groups in total. The highest BCUT2D eigenvalue weighted by atomic mass is 79.9. The van der Waals surface area contributed by atoms with Crippen molar-refractivity contribution in [2.24, 2.45) is 21.7 Å². The molecule has 0 atom stereocenters. The topological polar surface area (TPSA) is 97.0 Å². The minimum Gasteiger partial charge on any atom is -0.506 e. The number of phenols is 1. The summed E-state index contributed by atoms with van der Waals surface area (Å²) < 4.78 is 0.589. The van der Waals surface area contributed by atoms with Crippen LogP contribution in [0.3, 0.4) is 0 Å². The molecule has 0 bridgehead atoms. The second-order valence-corrected chi connectivity index (χ2v) is 3.30. The Hall–Kier alpha value is -1.56. The van der Waals surface area contributed by atoms with E-state index in [4.69, 9.17) is 11.5 Å². The van der Waals surface area contributed by atoms with Gasteiger partial charge >= 0.3 is 0 Å². The number of rotatable bonds is 2. The lowest BCUT2D eigenvalue weighted by molar-refractivity contribution is 0.471. The molecule has 6 heteroatoms. The molecule has 0 aromatic heterocycles. The molecule has 5 nitrogen and oxygen atoms in total. The fourth-order valence-corrected chi connectivity index (χ4v) is 1.18. The molecule has 1 aromatic rings. The standard InChI is InChI=1S/C8H9BrN4O/c9-6-3-1-2-5(7(6)14)4-12-13-8(10)11/h1-4,14H,(H4,10,11,13)/b12-4+. The molecule has 1 rings (SSSR count). The van der Waals surface area contributed by atoms with Gasteiger partial charge in [0, 0.05) is 5.56 Å². The summed E-state index contributed by atoms with van der Waals surface area (Å²) in [5.41, 5.74) is 10.7. The highest BCUT2D eigenvalue weighted by molar-refractivity contribution is 9.10. The summed E-state index contributed by atoms with van der Waals surface area (Å²) in [6, 6.07) is 5.17. The number of nitrogens with zero attached hydrogens (tertiary/aromatic N) is 2. The average molecular weight is 257 g/mol. The number of halogens is 1. The molecule has 0 saturated heterocycles. The number of hydrogen-bond donors (Lipinski definition) is 3. The fraction of sp³-hybridized carbons (Fsp3) is 0. The van der Waals surface area contributed by atoms with Crippen LogP contribution in [0.4, 0.5) is 0 Å². The van der Waals surface area contributed by atoms with Gasteiger partial charge in [-0.05, 0) is 28.1 Å². The lowest BCUT2D eigenvalue weighted by Crippen LogP contribution is -2.21. The van der Waals surface area contributed by atoms with E-state index in [1.54, 1.807) is 18.2 Å². The van der Waals surface area contributed by atoms with Crippen molar-refractivity contribution in [2.75, 3.05) is 0 Å². The molecule has 1 aromatic carbocycles. The van der Waals surface area contributed by atoms with E-state index in [1.807, 2.05) is 0 Å². The fourth-order valence-electron chi connectivity index (χ4n) is 0.794. The molecule has 0 aliphatic carbocycles. The Balaban J connectivity index is 2.92. The van der Waals surface area contributed by atoms with E-state index in [2.05, 4.69) is 26.1 Å². The Morgan fingerprint density at radius 1 is 1.43 bits per heavy atom. The van der Waals surface area contributed by atoms with Crippen LogP contribution in [0, 0.1) is 0 Å². The summed E-state index contributed by atoms with van der Waals surface area (Å²) in [4.78, 5) is 0. The van der Waals surface area contributed by atoms with Crippen molar-refractivity contribution in [3.63, 3.8) is 0 Å². The third-order valence-corrected chi connectivity index (χ3v) is 2.03. The Morgan fingerprint density at radius 3 is 2.79 bits per heavy atom. The smallest absolute Gasteiger partial charge is 0.211 e. The van der Waals surface area contributed by atoms with Crippen LogP contribution in [0.5, 0.6) is 5.75 Å². The maximum atomic E-state index is 9.51. The summed E-state index contributed by atoms with van der Waals surface area (Å²) in [5.74, 6) is -0.0298. The van der Waals surface area contributed by atoms with Crippen LogP contribution in [0.15, 0.2) is 32.9 Å². The first-order chi connectivity index (χ1) is 6.61. The second kappa shape index (κ2) is 4.61. The van der Waals surface area contributed by atoms with Gasteiger partial charge in [-0.2, -0.15) is 5.10 Å². The number of aromatic hydroxyl groups is 1. The van der Waals surface area contributed by atoms with E-state index in [0.717, 1.165) is 0 Å². The normalized spacial score (nSPS) is 10.4. The minimum absolute atomic E-state index is 0.0991. The lowest BCUT2D eigenvalue weighted by atomic mass is 10.2. The predicted molar refractivity (Wildman–Crippen MR) is 59.2 cm³/mol. The molecule has 0 amide bonds. The van der Waals surface area contributed by atoms with Gasteiger partial charge in [0.15, 0.2) is 0 Å². The van der Waals surface area contributed by atoms with Gasteiger partial charge in [-0.1, -0.05) is 6.07 Å². The predicted octanol–water partition coefficient (Wildman–Crippen LogP) is 0.762. The van der Waals surface area contributed by atoms with Crippen LogP contribution in [-0.2, 0) is 0 Å². The van der Waals surface area contributed by atoms with Crippen LogP contribution in [0.25, 0.3) is 0 Å². The van der Waals surface area contributed by atoms with E-state index in [0.29, 0.717) is 10.0 Å². The Bertz CT molecular complexity index is 385. The lowest BCUT2D eigenvalue weighted by Gasteiger charge is -1.98. The molecule has 14 heavy (non-hydrogen) atoms. The van der Waals surface area contributed by atoms with Crippen molar-refractivity contribution in [1.29, 1.82) is 0 Å². The van der Waals surface area contributed by atoms with E-state index in [-0.39, 0.29) is 11.7 Å². The zero-order chi connectivity index (χ0) is 10.6. The molecule has 0 heterocycles. The molecule has 0 spiro atoms. The number of nitrogens with two attached hydrogens (primary N) is 2. The number of guanidine groups is 1. The van der Waals surface area contributed by atoms with Crippen molar-refractivity contribution in [1.82, 2.24) is 0 Å². The second-order valence-electron chi connectivity index (χ2n) is 2.45. The van der Waals surface area contributed by atoms with Crippen LogP contribution in [-0.4, -0.2) is 17.3 Å². The van der Waals surface area contributed by atoms with Crippen molar-refractivity contribution < 1.29 is 5.11 Å². The highest BCUT2D eigenvalue weighted by Crippen LogP contribution is 2.25. The van der Waals surface area contributed by atoms with E-state index in [9.17, 15) is 5.11 Å². The molecule has 0 aliphatic rings. The van der Waals surface area contributed by atoms with Crippen LogP contribution >= 0.6 is 15.9 Å². The van der Waals surface area contributed by atoms with Gasteiger partial charge in [0.2, 0.25) is 5.96 Å². The maximum absolute atomic E-state index is 9.51. The molecule has 0 fully saturated rings. The molecule has 0 saturated carbocycles. The van der Waals surface area contributed by atoms with E-state index < -0.39 is 0 Å². The zero-order valence-corrected chi connectivity index (χ0v) is 8.77. The number of hydrogen-bond acceptors (Lipinski definition) is 3. The first-order valence-corrected chi connectivity index (χ1v) is 4.50. The zero-order valence-electron chi connectivity index (χ0n) is 7.18. The molecule has 0 unspecified atom stereocenters. The third kappa shape index (κ3) is 2.74. The summed E-state index contributed by atoms with van der Waals surface area (Å²) in [6.07, 6.45) is 1.36. The quantitative estimate of drug-likeness (QED) is 0.414. The van der Waals surface area contributed by atoms with E-state index in [1.165, 1.54) is 6.21 Å². The van der Waals surface area contributed by atoms with Crippen molar-refractivity contribution in [2.45, 2.75) is 0 Å². The molecular weight excluding hydrogens is 248 g/mol. The molecular formula is C8H9BrN4O. The first kappa shape index (κ1) is 10.5. The molecule has 0 aliphatic heterocycles. The van der Waals surface area contributed by atoms with Gasteiger partial charge in [0.1, 0.15) is 5.75 Å². The van der Waals surface area contributed by atoms with Gasteiger partial charge in [-0.15, -0.1) is 5.10 Å². The summed E-state index contributed by atoms with van der Waals surface area (Å²) in [6.45, 7) is 0. The van der Waals surface area contributed by atoms with Gasteiger partial charge in [0.25, 0.3) is 0 Å².